The summed E-state index contributed by atoms with van der Waals surface area (Å²) < 4.78 is 0. The van der Waals surface area contributed by atoms with Crippen LogP contribution < -0.4 is 11.1 Å². The lowest BCUT2D eigenvalue weighted by Crippen LogP contribution is -2.23. The van der Waals surface area contributed by atoms with Gasteiger partial charge in [0.15, 0.2) is 0 Å². The van der Waals surface area contributed by atoms with Crippen molar-refractivity contribution < 1.29 is 4.79 Å². The first-order valence-electron chi connectivity index (χ1n) is 6.17. The molecule has 1 amide bonds. The highest BCUT2D eigenvalue weighted by atomic mass is 16.1. The number of hydrogen-bond acceptors (Lipinski definition) is 2. The Hall–Kier alpha value is -1.35. The number of nitrogens with two attached hydrogens (primary N) is 1. The zero-order valence-electron chi connectivity index (χ0n) is 10.7. The van der Waals surface area contributed by atoms with E-state index in [1.165, 1.54) is 0 Å². The van der Waals surface area contributed by atoms with Crippen LogP contribution in [0.3, 0.4) is 0 Å². The van der Waals surface area contributed by atoms with Crippen molar-refractivity contribution in [1.29, 1.82) is 0 Å². The Morgan fingerprint density at radius 3 is 2.53 bits per heavy atom. The number of carbonyl (C=O) groups is 1. The molecule has 0 heterocycles. The van der Waals surface area contributed by atoms with Gasteiger partial charge in [0.2, 0.25) is 5.91 Å². The van der Waals surface area contributed by atoms with Crippen molar-refractivity contribution in [2.45, 2.75) is 39.8 Å². The normalized spacial score (nSPS) is 10.6. The van der Waals surface area contributed by atoms with Crippen molar-refractivity contribution in [1.82, 2.24) is 5.32 Å². The summed E-state index contributed by atoms with van der Waals surface area (Å²) in [6.07, 6.45) is 1.53. The van der Waals surface area contributed by atoms with Gasteiger partial charge in [-0.15, -0.1) is 0 Å². The largest absolute Gasteiger partial charge is 0.352 e. The second kappa shape index (κ2) is 7.07. The van der Waals surface area contributed by atoms with E-state index in [4.69, 9.17) is 5.73 Å². The summed E-state index contributed by atoms with van der Waals surface area (Å²) in [5.41, 5.74) is 7.84. The highest BCUT2D eigenvalue weighted by Gasteiger charge is 2.04. The van der Waals surface area contributed by atoms with Crippen LogP contribution >= 0.6 is 0 Å². The van der Waals surface area contributed by atoms with Crippen LogP contribution in [0.5, 0.6) is 0 Å². The molecule has 94 valence electrons. The van der Waals surface area contributed by atoms with Crippen LogP contribution in [-0.2, 0) is 17.9 Å². The molecule has 3 N–H and O–H groups in total. The fourth-order valence-electron chi connectivity index (χ4n) is 1.63. The number of amides is 1. The fourth-order valence-corrected chi connectivity index (χ4v) is 1.63. The van der Waals surface area contributed by atoms with Crippen LogP contribution in [0.1, 0.15) is 37.8 Å². The molecule has 1 aromatic carbocycles. The third-order valence-corrected chi connectivity index (χ3v) is 2.76. The molecule has 0 aliphatic carbocycles. The second-order valence-corrected chi connectivity index (χ2v) is 4.68. The van der Waals surface area contributed by atoms with E-state index in [1.807, 2.05) is 24.3 Å². The molecule has 17 heavy (non-hydrogen) atoms. The van der Waals surface area contributed by atoms with Crippen molar-refractivity contribution in [3.05, 3.63) is 35.4 Å². The maximum absolute atomic E-state index is 11.6. The Labute approximate surface area is 103 Å². The lowest BCUT2D eigenvalue weighted by molar-refractivity contribution is -0.121. The average molecular weight is 234 g/mol. The van der Waals surface area contributed by atoms with E-state index in [1.54, 1.807) is 0 Å². The second-order valence-electron chi connectivity index (χ2n) is 4.68. The first kappa shape index (κ1) is 13.7. The van der Waals surface area contributed by atoms with Crippen LogP contribution in [0.4, 0.5) is 0 Å². The van der Waals surface area contributed by atoms with Crippen LogP contribution in [0.2, 0.25) is 0 Å². The quantitative estimate of drug-likeness (QED) is 0.792. The number of hydrogen-bond donors (Lipinski definition) is 2. The summed E-state index contributed by atoms with van der Waals surface area (Å²) in [5.74, 6) is 0.683. The molecule has 0 saturated carbocycles. The molecule has 0 aromatic heterocycles. The summed E-state index contributed by atoms with van der Waals surface area (Å²) >= 11 is 0. The molecule has 0 aliphatic heterocycles. The minimum absolute atomic E-state index is 0.116. The molecule has 0 radical (unpaired) electrons. The highest BCUT2D eigenvalue weighted by molar-refractivity contribution is 5.75. The van der Waals surface area contributed by atoms with Crippen molar-refractivity contribution in [3.63, 3.8) is 0 Å². The summed E-state index contributed by atoms with van der Waals surface area (Å²) in [5, 5.41) is 2.93. The van der Waals surface area contributed by atoms with Gasteiger partial charge in [0, 0.05) is 19.5 Å². The van der Waals surface area contributed by atoms with Gasteiger partial charge in [-0.3, -0.25) is 4.79 Å². The van der Waals surface area contributed by atoms with E-state index in [2.05, 4.69) is 19.2 Å². The third-order valence-electron chi connectivity index (χ3n) is 2.76. The molecule has 0 spiro atoms. The van der Waals surface area contributed by atoms with Gasteiger partial charge in [0.05, 0.1) is 0 Å². The van der Waals surface area contributed by atoms with Gasteiger partial charge in [0.25, 0.3) is 0 Å². The molecule has 0 aliphatic rings. The number of benzene rings is 1. The van der Waals surface area contributed by atoms with Crippen LogP contribution in [0.25, 0.3) is 0 Å². The first-order chi connectivity index (χ1) is 8.13. The zero-order valence-corrected chi connectivity index (χ0v) is 10.7. The molecule has 1 rings (SSSR count). The molecule has 0 unspecified atom stereocenters. The summed E-state index contributed by atoms with van der Waals surface area (Å²) in [4.78, 5) is 11.6. The van der Waals surface area contributed by atoms with Gasteiger partial charge < -0.3 is 11.1 Å². The SMILES string of the molecule is CC(C)CCC(=O)NCc1ccccc1CN. The Kier molecular flexibility index (Phi) is 5.70. The molecule has 3 nitrogen and oxygen atoms in total. The zero-order chi connectivity index (χ0) is 12.7. The maximum atomic E-state index is 11.6. The molecule has 0 atom stereocenters. The van der Waals surface area contributed by atoms with E-state index in [9.17, 15) is 4.79 Å². The van der Waals surface area contributed by atoms with E-state index in [0.717, 1.165) is 17.5 Å². The topological polar surface area (TPSA) is 55.1 Å². The van der Waals surface area contributed by atoms with Gasteiger partial charge in [-0.2, -0.15) is 0 Å². The van der Waals surface area contributed by atoms with E-state index in [0.29, 0.717) is 25.4 Å². The van der Waals surface area contributed by atoms with Gasteiger partial charge in [-0.25, -0.2) is 0 Å². The van der Waals surface area contributed by atoms with E-state index < -0.39 is 0 Å². The average Bonchev–Trinajstić information content (AvgIpc) is 2.34. The summed E-state index contributed by atoms with van der Waals surface area (Å²) in [6.45, 7) is 5.33. The molecular formula is C14H22N2O. The number of carbonyl (C=O) groups excluding carboxylic acids is 1. The molecule has 0 fully saturated rings. The smallest absolute Gasteiger partial charge is 0.220 e. The minimum atomic E-state index is 0.116. The van der Waals surface area contributed by atoms with Gasteiger partial charge in [-0.1, -0.05) is 38.1 Å². The summed E-state index contributed by atoms with van der Waals surface area (Å²) in [7, 11) is 0. The van der Waals surface area contributed by atoms with Crippen molar-refractivity contribution in [2.24, 2.45) is 11.7 Å². The van der Waals surface area contributed by atoms with Crippen molar-refractivity contribution in [2.75, 3.05) is 0 Å². The summed E-state index contributed by atoms with van der Waals surface area (Å²) in [6, 6.07) is 7.93. The van der Waals surface area contributed by atoms with Gasteiger partial charge in [0.1, 0.15) is 0 Å². The van der Waals surface area contributed by atoms with Crippen LogP contribution in [-0.4, -0.2) is 5.91 Å². The Morgan fingerprint density at radius 2 is 1.94 bits per heavy atom. The molecule has 3 heteroatoms. The van der Waals surface area contributed by atoms with Crippen molar-refractivity contribution in [3.8, 4) is 0 Å². The van der Waals surface area contributed by atoms with Crippen LogP contribution in [0, 0.1) is 5.92 Å². The van der Waals surface area contributed by atoms with Gasteiger partial charge >= 0.3 is 0 Å². The van der Waals surface area contributed by atoms with Crippen LogP contribution in [0.15, 0.2) is 24.3 Å². The predicted octanol–water partition coefficient (Wildman–Crippen LogP) is 2.20. The molecule has 0 bridgehead atoms. The molecule has 1 aromatic rings. The van der Waals surface area contributed by atoms with E-state index in [-0.39, 0.29) is 5.91 Å². The minimum Gasteiger partial charge on any atom is -0.352 e. The number of nitrogens with one attached hydrogen (secondary N) is 1. The monoisotopic (exact) mass is 234 g/mol. The predicted molar refractivity (Wildman–Crippen MR) is 70.3 cm³/mol. The Morgan fingerprint density at radius 1 is 1.29 bits per heavy atom. The molecular weight excluding hydrogens is 212 g/mol. The highest BCUT2D eigenvalue weighted by Crippen LogP contribution is 2.08. The van der Waals surface area contributed by atoms with E-state index >= 15 is 0 Å². The van der Waals surface area contributed by atoms with Crippen molar-refractivity contribution >= 4 is 5.91 Å². The Bertz CT molecular complexity index is 361. The first-order valence-corrected chi connectivity index (χ1v) is 6.17. The maximum Gasteiger partial charge on any atom is 0.220 e. The third kappa shape index (κ3) is 5.00. The Balaban J connectivity index is 2.42. The fraction of sp³-hybridized carbons (Fsp3) is 0.500. The lowest BCUT2D eigenvalue weighted by Gasteiger charge is -2.09. The van der Waals surface area contributed by atoms with Gasteiger partial charge in [-0.05, 0) is 23.5 Å². The molecule has 0 saturated heterocycles. The standard InChI is InChI=1S/C14H22N2O/c1-11(2)7-8-14(17)16-10-13-6-4-3-5-12(13)9-15/h3-6,11H,7-10,15H2,1-2H3,(H,16,17). The number of rotatable bonds is 6. The lowest BCUT2D eigenvalue weighted by atomic mass is 10.1.